The molecular weight excluding hydrogens is 289 g/mol. The van der Waals surface area contributed by atoms with Crippen molar-refractivity contribution in [2.45, 2.75) is 0 Å². The van der Waals surface area contributed by atoms with Crippen molar-refractivity contribution in [3.8, 4) is 11.5 Å². The molecule has 0 atom stereocenters. The maximum absolute atomic E-state index is 12.0. The molecule has 0 aliphatic carbocycles. The number of carbonyl (C=O) groups excluding carboxylic acids is 1. The van der Waals surface area contributed by atoms with Crippen molar-refractivity contribution in [1.82, 2.24) is 0 Å². The molecule has 0 aliphatic rings. The van der Waals surface area contributed by atoms with E-state index < -0.39 is 5.91 Å². The highest BCUT2D eigenvalue weighted by Gasteiger charge is 2.17. The number of halogens is 2. The fraction of sp³-hybridized carbons (Fsp3) is 0. The predicted octanol–water partition coefficient (Wildman–Crippen LogP) is 3.66. The number of rotatable bonds is 2. The summed E-state index contributed by atoms with van der Waals surface area (Å²) in [6.45, 7) is 0. The van der Waals surface area contributed by atoms with Crippen LogP contribution in [0.5, 0.6) is 11.5 Å². The fourth-order valence-corrected chi connectivity index (χ4v) is 1.89. The van der Waals surface area contributed by atoms with Crippen LogP contribution in [0.3, 0.4) is 0 Å². The summed E-state index contributed by atoms with van der Waals surface area (Å²) >= 11 is 11.8. The summed E-state index contributed by atoms with van der Waals surface area (Å²) in [5.74, 6) is -1.33. The van der Waals surface area contributed by atoms with Gasteiger partial charge < -0.3 is 15.5 Å². The lowest BCUT2D eigenvalue weighted by Gasteiger charge is -2.10. The van der Waals surface area contributed by atoms with Gasteiger partial charge in [0.05, 0.1) is 15.7 Å². The first-order chi connectivity index (χ1) is 9.00. The van der Waals surface area contributed by atoms with Crippen LogP contribution in [0.15, 0.2) is 36.4 Å². The van der Waals surface area contributed by atoms with Crippen LogP contribution in [0.1, 0.15) is 10.4 Å². The summed E-state index contributed by atoms with van der Waals surface area (Å²) in [5, 5.41) is 22.1. The number of benzene rings is 2. The van der Waals surface area contributed by atoms with Gasteiger partial charge in [0, 0.05) is 0 Å². The molecule has 0 spiro atoms. The van der Waals surface area contributed by atoms with Crippen LogP contribution >= 0.6 is 23.2 Å². The first-order valence-corrected chi connectivity index (χ1v) is 6.02. The molecule has 3 N–H and O–H groups in total. The normalized spacial score (nSPS) is 10.2. The Morgan fingerprint density at radius 1 is 1.00 bits per heavy atom. The minimum Gasteiger partial charge on any atom is -0.507 e. The number of hydrogen-bond acceptors (Lipinski definition) is 3. The Hall–Kier alpha value is -1.91. The molecule has 2 rings (SSSR count). The van der Waals surface area contributed by atoms with E-state index in [0.717, 1.165) is 0 Å². The Morgan fingerprint density at radius 3 is 2.21 bits per heavy atom. The monoisotopic (exact) mass is 297 g/mol. The first kappa shape index (κ1) is 13.5. The summed E-state index contributed by atoms with van der Waals surface area (Å²) in [5.41, 5.74) is 0.0698. The van der Waals surface area contributed by atoms with E-state index in [0.29, 0.717) is 10.7 Å². The third-order valence-electron chi connectivity index (χ3n) is 2.45. The second kappa shape index (κ2) is 5.38. The molecule has 1 amide bonds. The molecule has 2 aromatic rings. The number of anilines is 1. The van der Waals surface area contributed by atoms with Crippen molar-refractivity contribution in [2.24, 2.45) is 0 Å². The molecule has 4 nitrogen and oxygen atoms in total. The lowest BCUT2D eigenvalue weighted by molar-refractivity contribution is 0.102. The van der Waals surface area contributed by atoms with Crippen LogP contribution in [0.25, 0.3) is 0 Å². The molecule has 0 bridgehead atoms. The van der Waals surface area contributed by atoms with Crippen molar-refractivity contribution in [3.63, 3.8) is 0 Å². The number of carbonyl (C=O) groups is 1. The number of phenols is 2. The predicted molar refractivity (Wildman–Crippen MR) is 74.2 cm³/mol. The SMILES string of the molecule is O=C(Nc1cccc(Cl)c1Cl)c1c(O)cccc1O. The molecular formula is C13H9Cl2NO3. The zero-order chi connectivity index (χ0) is 14.0. The topological polar surface area (TPSA) is 69.6 Å². The molecule has 19 heavy (non-hydrogen) atoms. The highest BCUT2D eigenvalue weighted by molar-refractivity contribution is 6.44. The molecule has 0 heterocycles. The summed E-state index contributed by atoms with van der Waals surface area (Å²) in [6, 6.07) is 8.78. The van der Waals surface area contributed by atoms with Crippen molar-refractivity contribution >= 4 is 34.8 Å². The molecule has 0 aliphatic heterocycles. The minimum atomic E-state index is -0.681. The maximum atomic E-state index is 12.0. The lowest BCUT2D eigenvalue weighted by atomic mass is 10.1. The van der Waals surface area contributed by atoms with Crippen LogP contribution in [0.2, 0.25) is 10.0 Å². The molecule has 6 heteroatoms. The second-order valence-corrected chi connectivity index (χ2v) is 4.51. The van der Waals surface area contributed by atoms with Gasteiger partial charge in [-0.05, 0) is 24.3 Å². The van der Waals surface area contributed by atoms with Crippen LogP contribution in [-0.2, 0) is 0 Å². The van der Waals surface area contributed by atoms with Gasteiger partial charge in [-0.25, -0.2) is 0 Å². The molecule has 98 valence electrons. The van der Waals surface area contributed by atoms with Gasteiger partial charge in [0.25, 0.3) is 5.91 Å². The van der Waals surface area contributed by atoms with E-state index in [9.17, 15) is 15.0 Å². The minimum absolute atomic E-state index is 0.187. The Bertz CT molecular complexity index is 624. The Labute approximate surface area is 119 Å². The molecule has 0 fully saturated rings. The third-order valence-corrected chi connectivity index (χ3v) is 3.27. The van der Waals surface area contributed by atoms with Gasteiger partial charge in [-0.3, -0.25) is 4.79 Å². The van der Waals surface area contributed by atoms with Crippen LogP contribution in [-0.4, -0.2) is 16.1 Å². The van der Waals surface area contributed by atoms with E-state index in [4.69, 9.17) is 23.2 Å². The van der Waals surface area contributed by atoms with Crippen molar-refractivity contribution in [3.05, 3.63) is 52.0 Å². The van der Waals surface area contributed by atoms with Gasteiger partial charge in [0.15, 0.2) is 0 Å². The molecule has 0 radical (unpaired) electrons. The van der Waals surface area contributed by atoms with Gasteiger partial charge in [-0.2, -0.15) is 0 Å². The van der Waals surface area contributed by atoms with Crippen molar-refractivity contribution < 1.29 is 15.0 Å². The van der Waals surface area contributed by atoms with Crippen LogP contribution in [0, 0.1) is 0 Å². The van der Waals surface area contributed by atoms with E-state index in [1.807, 2.05) is 0 Å². The van der Waals surface area contributed by atoms with E-state index in [1.165, 1.54) is 18.2 Å². The number of amides is 1. The third kappa shape index (κ3) is 2.75. The van der Waals surface area contributed by atoms with Gasteiger partial charge in [0.2, 0.25) is 0 Å². The molecule has 2 aromatic carbocycles. The number of phenolic OH excluding ortho intramolecular Hbond substituents is 2. The first-order valence-electron chi connectivity index (χ1n) is 5.27. The Morgan fingerprint density at radius 2 is 1.58 bits per heavy atom. The largest absolute Gasteiger partial charge is 0.507 e. The lowest BCUT2D eigenvalue weighted by Crippen LogP contribution is -2.12. The zero-order valence-electron chi connectivity index (χ0n) is 9.52. The van der Waals surface area contributed by atoms with Crippen molar-refractivity contribution in [1.29, 1.82) is 0 Å². The molecule has 0 saturated heterocycles. The summed E-state index contributed by atoms with van der Waals surface area (Å²) < 4.78 is 0. The van der Waals surface area contributed by atoms with E-state index >= 15 is 0 Å². The number of aromatic hydroxyl groups is 2. The molecule has 0 saturated carbocycles. The average molecular weight is 298 g/mol. The molecule has 0 unspecified atom stereocenters. The van der Waals surface area contributed by atoms with Gasteiger partial charge in [-0.15, -0.1) is 0 Å². The number of nitrogens with one attached hydrogen (secondary N) is 1. The fourth-order valence-electron chi connectivity index (χ4n) is 1.55. The van der Waals surface area contributed by atoms with E-state index in [1.54, 1.807) is 18.2 Å². The summed E-state index contributed by atoms with van der Waals surface area (Å²) in [7, 11) is 0. The highest BCUT2D eigenvalue weighted by Crippen LogP contribution is 2.32. The zero-order valence-corrected chi connectivity index (χ0v) is 11.0. The van der Waals surface area contributed by atoms with Gasteiger partial charge >= 0.3 is 0 Å². The van der Waals surface area contributed by atoms with Gasteiger partial charge in [0.1, 0.15) is 17.1 Å². The number of hydrogen-bond donors (Lipinski definition) is 3. The quantitative estimate of drug-likeness (QED) is 0.792. The summed E-state index contributed by atoms with van der Waals surface area (Å²) in [4.78, 5) is 12.0. The Kier molecular flexibility index (Phi) is 3.83. The van der Waals surface area contributed by atoms with Gasteiger partial charge in [-0.1, -0.05) is 35.3 Å². The highest BCUT2D eigenvalue weighted by atomic mass is 35.5. The van der Waals surface area contributed by atoms with Crippen LogP contribution < -0.4 is 5.32 Å². The molecule has 0 aromatic heterocycles. The standard InChI is InChI=1S/C13H9Cl2NO3/c14-7-3-1-4-8(12(7)15)16-13(19)11-9(17)5-2-6-10(11)18/h1-6,17-18H,(H,16,19). The second-order valence-electron chi connectivity index (χ2n) is 3.73. The van der Waals surface area contributed by atoms with Crippen molar-refractivity contribution in [2.75, 3.05) is 5.32 Å². The summed E-state index contributed by atoms with van der Waals surface area (Å²) in [6.07, 6.45) is 0. The van der Waals surface area contributed by atoms with E-state index in [2.05, 4.69) is 5.32 Å². The smallest absolute Gasteiger partial charge is 0.263 e. The Balaban J connectivity index is 2.34. The van der Waals surface area contributed by atoms with E-state index in [-0.39, 0.29) is 22.1 Å². The average Bonchev–Trinajstić information content (AvgIpc) is 2.35. The van der Waals surface area contributed by atoms with Crippen LogP contribution in [0.4, 0.5) is 5.69 Å². The maximum Gasteiger partial charge on any atom is 0.263 e.